The monoisotopic (exact) mass is 393 g/mol. The number of amides is 1. The van der Waals surface area contributed by atoms with Crippen molar-refractivity contribution in [2.24, 2.45) is 5.73 Å². The van der Waals surface area contributed by atoms with Crippen LogP contribution >= 0.6 is 0 Å². The van der Waals surface area contributed by atoms with Crippen LogP contribution in [0, 0.1) is 23.5 Å². The van der Waals surface area contributed by atoms with Gasteiger partial charge in [0, 0.05) is 29.2 Å². The first-order chi connectivity index (χ1) is 13.9. The van der Waals surface area contributed by atoms with E-state index < -0.39 is 17.5 Å². The third-order valence-corrected chi connectivity index (χ3v) is 4.73. The molecule has 2 heterocycles. The van der Waals surface area contributed by atoms with Crippen LogP contribution in [-0.4, -0.2) is 21.8 Å². The van der Waals surface area contributed by atoms with Crippen LogP contribution in [0.2, 0.25) is 0 Å². The minimum Gasteiger partial charge on any atom is -0.373 e. The molecule has 0 fully saturated rings. The molecule has 0 radical (unpaired) electrons. The molecule has 7 heteroatoms. The SMILES string of the molecule is C[C@H]1Cc2c(c(C#Cc3ccc(C(N)=O)cc3)nn2-c2ccc(F)c(F)c2)CO1. The molecule has 1 aliphatic heterocycles. The zero-order chi connectivity index (χ0) is 20.5. The van der Waals surface area contributed by atoms with Gasteiger partial charge < -0.3 is 10.5 Å². The van der Waals surface area contributed by atoms with Crippen LogP contribution in [0.3, 0.4) is 0 Å². The average Bonchev–Trinajstić information content (AvgIpc) is 3.06. The Labute approximate surface area is 166 Å². The number of hydrogen-bond acceptors (Lipinski definition) is 3. The highest BCUT2D eigenvalue weighted by molar-refractivity contribution is 5.92. The van der Waals surface area contributed by atoms with E-state index in [2.05, 4.69) is 16.9 Å². The minimum atomic E-state index is -0.936. The quantitative estimate of drug-likeness (QED) is 0.680. The molecule has 1 atom stereocenters. The van der Waals surface area contributed by atoms with Gasteiger partial charge in [0.1, 0.15) is 5.69 Å². The number of carbonyl (C=O) groups excluding carboxylic acids is 1. The van der Waals surface area contributed by atoms with Crippen molar-refractivity contribution in [3.05, 3.63) is 82.2 Å². The summed E-state index contributed by atoms with van der Waals surface area (Å²) in [6.45, 7) is 2.28. The first-order valence-electron chi connectivity index (χ1n) is 9.02. The molecule has 1 aromatic heterocycles. The molecule has 0 saturated heterocycles. The summed E-state index contributed by atoms with van der Waals surface area (Å²) in [5, 5.41) is 4.53. The molecule has 2 N–H and O–H groups in total. The maximum absolute atomic E-state index is 13.7. The Morgan fingerprint density at radius 2 is 1.93 bits per heavy atom. The molecule has 0 spiro atoms. The van der Waals surface area contributed by atoms with E-state index in [1.54, 1.807) is 28.9 Å². The summed E-state index contributed by atoms with van der Waals surface area (Å²) in [5.41, 5.74) is 8.96. The Morgan fingerprint density at radius 1 is 1.17 bits per heavy atom. The van der Waals surface area contributed by atoms with E-state index in [1.807, 2.05) is 6.92 Å². The predicted molar refractivity (Wildman–Crippen MR) is 102 cm³/mol. The maximum atomic E-state index is 13.7. The third-order valence-electron chi connectivity index (χ3n) is 4.73. The molecule has 5 nitrogen and oxygen atoms in total. The van der Waals surface area contributed by atoms with Crippen LogP contribution in [0.1, 0.15) is 39.8 Å². The summed E-state index contributed by atoms with van der Waals surface area (Å²) in [7, 11) is 0. The number of benzene rings is 2. The molecule has 0 saturated carbocycles. The predicted octanol–water partition coefficient (Wildman–Crippen LogP) is 3.11. The van der Waals surface area contributed by atoms with Gasteiger partial charge >= 0.3 is 0 Å². The maximum Gasteiger partial charge on any atom is 0.248 e. The molecule has 0 bridgehead atoms. The van der Waals surface area contributed by atoms with Crippen LogP contribution in [0.15, 0.2) is 42.5 Å². The lowest BCUT2D eigenvalue weighted by Gasteiger charge is -2.20. The highest BCUT2D eigenvalue weighted by atomic mass is 19.2. The van der Waals surface area contributed by atoms with Crippen LogP contribution in [0.5, 0.6) is 0 Å². The highest BCUT2D eigenvalue weighted by Crippen LogP contribution is 2.27. The summed E-state index contributed by atoms with van der Waals surface area (Å²) in [5.74, 6) is 3.68. The van der Waals surface area contributed by atoms with Gasteiger partial charge in [-0.2, -0.15) is 5.10 Å². The van der Waals surface area contributed by atoms with Gasteiger partial charge in [0.05, 0.1) is 24.1 Å². The molecule has 1 amide bonds. The number of aromatic nitrogens is 2. The molecule has 146 valence electrons. The van der Waals surface area contributed by atoms with Gasteiger partial charge in [-0.1, -0.05) is 5.92 Å². The Kier molecular flexibility index (Phi) is 4.87. The van der Waals surface area contributed by atoms with E-state index in [0.29, 0.717) is 35.5 Å². The van der Waals surface area contributed by atoms with Gasteiger partial charge in [0.25, 0.3) is 0 Å². The number of halogens is 2. The van der Waals surface area contributed by atoms with Crippen molar-refractivity contribution in [2.75, 3.05) is 0 Å². The third kappa shape index (κ3) is 3.75. The summed E-state index contributed by atoms with van der Waals surface area (Å²) < 4.78 is 34.4. The molecule has 1 aliphatic rings. The van der Waals surface area contributed by atoms with Crippen molar-refractivity contribution in [1.82, 2.24) is 9.78 Å². The Morgan fingerprint density at radius 3 is 2.62 bits per heavy atom. The number of hydrogen-bond donors (Lipinski definition) is 1. The number of primary amides is 1. The van der Waals surface area contributed by atoms with Gasteiger partial charge in [-0.15, -0.1) is 0 Å². The number of fused-ring (bicyclic) bond motifs is 1. The fourth-order valence-corrected chi connectivity index (χ4v) is 3.18. The van der Waals surface area contributed by atoms with Gasteiger partial charge in [0.15, 0.2) is 11.6 Å². The van der Waals surface area contributed by atoms with E-state index in [9.17, 15) is 13.6 Å². The van der Waals surface area contributed by atoms with E-state index in [-0.39, 0.29) is 6.10 Å². The topological polar surface area (TPSA) is 70.1 Å². The van der Waals surface area contributed by atoms with Gasteiger partial charge in [-0.05, 0) is 49.2 Å². The number of rotatable bonds is 2. The van der Waals surface area contributed by atoms with Crippen molar-refractivity contribution in [3.8, 4) is 17.5 Å². The van der Waals surface area contributed by atoms with Crippen molar-refractivity contribution < 1.29 is 18.3 Å². The summed E-state index contributed by atoms with van der Waals surface area (Å²) in [6.07, 6.45) is 0.557. The number of ether oxygens (including phenoxy) is 1. The zero-order valence-corrected chi connectivity index (χ0v) is 15.6. The van der Waals surface area contributed by atoms with Crippen molar-refractivity contribution in [1.29, 1.82) is 0 Å². The fraction of sp³-hybridized carbons (Fsp3) is 0.182. The lowest BCUT2D eigenvalue weighted by Crippen LogP contribution is -2.21. The molecular formula is C22H17F2N3O2. The van der Waals surface area contributed by atoms with Crippen molar-refractivity contribution >= 4 is 5.91 Å². The number of carbonyl (C=O) groups is 1. The van der Waals surface area contributed by atoms with Gasteiger partial charge in [-0.3, -0.25) is 4.79 Å². The molecule has 29 heavy (non-hydrogen) atoms. The summed E-state index contributed by atoms with van der Waals surface area (Å²) in [6, 6.07) is 10.3. The average molecular weight is 393 g/mol. The van der Waals surface area contributed by atoms with E-state index in [4.69, 9.17) is 10.5 Å². The Balaban J connectivity index is 1.75. The van der Waals surface area contributed by atoms with E-state index >= 15 is 0 Å². The lowest BCUT2D eigenvalue weighted by molar-refractivity contribution is 0.0397. The number of nitrogens with zero attached hydrogens (tertiary/aromatic N) is 2. The summed E-state index contributed by atoms with van der Waals surface area (Å²) >= 11 is 0. The van der Waals surface area contributed by atoms with Crippen molar-refractivity contribution in [3.63, 3.8) is 0 Å². The van der Waals surface area contributed by atoms with Crippen LogP contribution in [0.25, 0.3) is 5.69 Å². The lowest BCUT2D eigenvalue weighted by atomic mass is 10.0. The zero-order valence-electron chi connectivity index (χ0n) is 15.6. The molecule has 3 aromatic rings. The van der Waals surface area contributed by atoms with E-state index in [1.165, 1.54) is 6.07 Å². The summed E-state index contributed by atoms with van der Waals surface area (Å²) in [4.78, 5) is 11.2. The van der Waals surface area contributed by atoms with E-state index in [0.717, 1.165) is 23.4 Å². The van der Waals surface area contributed by atoms with Crippen LogP contribution in [-0.2, 0) is 17.8 Å². The van der Waals surface area contributed by atoms with Crippen LogP contribution < -0.4 is 5.73 Å². The first-order valence-corrected chi connectivity index (χ1v) is 9.02. The van der Waals surface area contributed by atoms with Crippen molar-refractivity contribution in [2.45, 2.75) is 26.1 Å². The second-order valence-corrected chi connectivity index (χ2v) is 6.80. The standard InChI is InChI=1S/C22H17F2N3O2/c1-13-10-21-17(12-29-13)20(9-4-14-2-5-15(6-3-14)22(25)28)26-27(21)16-7-8-18(23)19(24)11-16/h2-3,5-8,11,13H,10,12H2,1H3,(H2,25,28)/t13-/m0/s1. The normalized spacial score (nSPS) is 15.3. The first kappa shape index (κ1) is 18.8. The molecule has 2 aromatic carbocycles. The smallest absolute Gasteiger partial charge is 0.248 e. The number of nitrogens with two attached hydrogens (primary N) is 1. The minimum absolute atomic E-state index is 0.0228. The van der Waals surface area contributed by atoms with Gasteiger partial charge in [0.2, 0.25) is 5.91 Å². The second kappa shape index (κ2) is 7.49. The van der Waals surface area contributed by atoms with Gasteiger partial charge in [-0.25, -0.2) is 13.5 Å². The Bertz CT molecular complexity index is 1160. The second-order valence-electron chi connectivity index (χ2n) is 6.80. The van der Waals surface area contributed by atoms with Crippen LogP contribution in [0.4, 0.5) is 8.78 Å². The molecule has 4 rings (SSSR count). The molecule has 0 aliphatic carbocycles. The Hall–Kier alpha value is -3.50. The molecular weight excluding hydrogens is 376 g/mol. The molecule has 0 unspecified atom stereocenters. The largest absolute Gasteiger partial charge is 0.373 e. The fourth-order valence-electron chi connectivity index (χ4n) is 3.18. The highest BCUT2D eigenvalue weighted by Gasteiger charge is 2.25.